The van der Waals surface area contributed by atoms with Gasteiger partial charge in [-0.05, 0) is 69.7 Å². The minimum absolute atomic E-state index is 0.0167. The van der Waals surface area contributed by atoms with E-state index in [0.717, 1.165) is 15.4 Å². The van der Waals surface area contributed by atoms with Crippen LogP contribution in [0.25, 0.3) is 0 Å². The van der Waals surface area contributed by atoms with Crippen LogP contribution in [-0.2, 0) is 26.2 Å². The number of carbonyl (C=O) groups excluding carboxylic acids is 2. The Bertz CT molecular complexity index is 1470. The lowest BCUT2D eigenvalue weighted by Crippen LogP contribution is -2.52. The Morgan fingerprint density at radius 3 is 2.00 bits per heavy atom. The Morgan fingerprint density at radius 1 is 0.833 bits per heavy atom. The first-order valence-electron chi connectivity index (χ1n) is 13.5. The fraction of sp³-hybridized carbons (Fsp3) is 0.355. The van der Waals surface area contributed by atoms with Crippen molar-refractivity contribution in [1.29, 1.82) is 0 Å². The van der Waals surface area contributed by atoms with Gasteiger partial charge < -0.3 is 24.4 Å². The Labute approximate surface area is 248 Å². The summed E-state index contributed by atoms with van der Waals surface area (Å²) in [5.74, 6) is 0.423. The van der Waals surface area contributed by atoms with Crippen molar-refractivity contribution in [1.82, 2.24) is 10.2 Å². The minimum Gasteiger partial charge on any atom is -0.497 e. The average molecular weight is 598 g/mol. The summed E-state index contributed by atoms with van der Waals surface area (Å²) in [5.41, 5.74) is 1.83. The van der Waals surface area contributed by atoms with Gasteiger partial charge in [-0.25, -0.2) is 8.42 Å². The second kappa shape index (κ2) is 14.1. The number of benzene rings is 3. The normalized spacial score (nSPS) is 11.9. The number of anilines is 1. The quantitative estimate of drug-likeness (QED) is 0.315. The van der Waals surface area contributed by atoms with Gasteiger partial charge in [-0.15, -0.1) is 0 Å². The van der Waals surface area contributed by atoms with E-state index in [-0.39, 0.29) is 29.1 Å². The molecule has 42 heavy (non-hydrogen) atoms. The van der Waals surface area contributed by atoms with Crippen LogP contribution in [0, 0.1) is 6.92 Å². The average Bonchev–Trinajstić information content (AvgIpc) is 2.97. The number of nitrogens with one attached hydrogen (secondary N) is 1. The lowest BCUT2D eigenvalue weighted by Gasteiger charge is -2.32. The third-order valence-electron chi connectivity index (χ3n) is 6.65. The molecule has 0 fully saturated rings. The van der Waals surface area contributed by atoms with Crippen molar-refractivity contribution in [2.75, 3.05) is 32.2 Å². The monoisotopic (exact) mass is 597 g/mol. The van der Waals surface area contributed by atoms with Crippen molar-refractivity contribution in [3.63, 3.8) is 0 Å². The molecule has 10 nitrogen and oxygen atoms in total. The molecule has 1 N–H and O–H groups in total. The molecule has 2 amide bonds. The van der Waals surface area contributed by atoms with Gasteiger partial charge in [0.2, 0.25) is 11.8 Å². The third kappa shape index (κ3) is 7.73. The second-order valence-corrected chi connectivity index (χ2v) is 11.9. The first-order valence-corrected chi connectivity index (χ1v) is 14.9. The molecule has 3 rings (SSSR count). The highest BCUT2D eigenvalue weighted by Crippen LogP contribution is 2.34. The first-order chi connectivity index (χ1) is 19.9. The van der Waals surface area contributed by atoms with Crippen LogP contribution in [0.4, 0.5) is 5.69 Å². The first kappa shape index (κ1) is 32.3. The van der Waals surface area contributed by atoms with E-state index in [4.69, 9.17) is 14.2 Å². The standard InChI is InChI=1S/C31H39N3O7S/c1-21(2)32-31(36)23(4)33(19-24-10-13-26(39-5)14-11-24)30(35)20-34(25-12-17-28(40-6)29(18-25)41-7)42(37,38)27-15-8-22(3)9-16-27/h8-18,21,23H,19-20H2,1-7H3,(H,32,36)/t23-/m0/s1. The molecule has 0 aliphatic rings. The fourth-order valence-electron chi connectivity index (χ4n) is 4.26. The number of amides is 2. The summed E-state index contributed by atoms with van der Waals surface area (Å²) in [6.45, 7) is 6.63. The summed E-state index contributed by atoms with van der Waals surface area (Å²) >= 11 is 0. The number of aryl methyl sites for hydroxylation is 1. The maximum atomic E-state index is 14.1. The maximum absolute atomic E-state index is 14.1. The van der Waals surface area contributed by atoms with Gasteiger partial charge in [0.05, 0.1) is 31.9 Å². The molecule has 0 bridgehead atoms. The molecule has 0 aliphatic heterocycles. The van der Waals surface area contributed by atoms with Gasteiger partial charge in [-0.1, -0.05) is 29.8 Å². The fourth-order valence-corrected chi connectivity index (χ4v) is 5.67. The van der Waals surface area contributed by atoms with Crippen molar-refractivity contribution in [2.24, 2.45) is 0 Å². The van der Waals surface area contributed by atoms with E-state index >= 15 is 0 Å². The van der Waals surface area contributed by atoms with Crippen molar-refractivity contribution >= 4 is 27.5 Å². The molecular formula is C31H39N3O7S. The highest BCUT2D eigenvalue weighted by Gasteiger charge is 2.33. The van der Waals surface area contributed by atoms with Crippen LogP contribution in [0.2, 0.25) is 0 Å². The molecular weight excluding hydrogens is 558 g/mol. The molecule has 0 aromatic heterocycles. The summed E-state index contributed by atoms with van der Waals surface area (Å²) in [6, 6.07) is 17.1. The van der Waals surface area contributed by atoms with Gasteiger partial charge in [0.15, 0.2) is 11.5 Å². The Hall–Kier alpha value is -4.25. The second-order valence-electron chi connectivity index (χ2n) is 10.1. The summed E-state index contributed by atoms with van der Waals surface area (Å²) in [6.07, 6.45) is 0. The predicted molar refractivity (Wildman–Crippen MR) is 162 cm³/mol. The zero-order valence-electron chi connectivity index (χ0n) is 25.1. The van der Waals surface area contributed by atoms with Crippen LogP contribution >= 0.6 is 0 Å². The maximum Gasteiger partial charge on any atom is 0.264 e. The predicted octanol–water partition coefficient (Wildman–Crippen LogP) is 4.16. The minimum atomic E-state index is -4.22. The number of hydrogen-bond acceptors (Lipinski definition) is 7. The number of methoxy groups -OCH3 is 3. The molecule has 0 heterocycles. The number of ether oxygens (including phenoxy) is 3. The zero-order chi connectivity index (χ0) is 31.0. The number of sulfonamides is 1. The smallest absolute Gasteiger partial charge is 0.264 e. The Morgan fingerprint density at radius 2 is 1.45 bits per heavy atom. The van der Waals surface area contributed by atoms with Crippen LogP contribution in [0.3, 0.4) is 0 Å². The Kier molecular flexibility index (Phi) is 10.8. The molecule has 226 valence electrons. The summed E-state index contributed by atoms with van der Waals surface area (Å²) in [7, 11) is 0.254. The molecule has 0 radical (unpaired) electrons. The van der Waals surface area contributed by atoms with E-state index in [2.05, 4.69) is 5.32 Å². The van der Waals surface area contributed by atoms with Crippen molar-refractivity contribution in [3.8, 4) is 17.2 Å². The van der Waals surface area contributed by atoms with Crippen LogP contribution in [0.1, 0.15) is 31.9 Å². The van der Waals surface area contributed by atoms with Crippen LogP contribution in [0.5, 0.6) is 17.2 Å². The van der Waals surface area contributed by atoms with Crippen LogP contribution in [-0.4, -0.2) is 65.1 Å². The molecule has 3 aromatic carbocycles. The number of hydrogen-bond donors (Lipinski definition) is 1. The van der Waals surface area contributed by atoms with Crippen molar-refractivity contribution in [2.45, 2.75) is 51.2 Å². The summed E-state index contributed by atoms with van der Waals surface area (Å²) in [5, 5.41) is 2.84. The van der Waals surface area contributed by atoms with E-state index in [0.29, 0.717) is 17.2 Å². The van der Waals surface area contributed by atoms with E-state index in [1.807, 2.05) is 20.8 Å². The Balaban J connectivity index is 2.08. The molecule has 0 aliphatic carbocycles. The molecule has 11 heteroatoms. The van der Waals surface area contributed by atoms with E-state index in [9.17, 15) is 18.0 Å². The largest absolute Gasteiger partial charge is 0.497 e. The van der Waals surface area contributed by atoms with Gasteiger partial charge in [-0.3, -0.25) is 13.9 Å². The molecule has 0 spiro atoms. The van der Waals surface area contributed by atoms with Crippen LogP contribution < -0.4 is 23.8 Å². The summed E-state index contributed by atoms with van der Waals surface area (Å²) in [4.78, 5) is 28.5. The van der Waals surface area contributed by atoms with Gasteiger partial charge in [0.1, 0.15) is 18.3 Å². The highest BCUT2D eigenvalue weighted by atomic mass is 32.2. The molecule has 3 aromatic rings. The third-order valence-corrected chi connectivity index (χ3v) is 8.44. The van der Waals surface area contributed by atoms with E-state index in [1.165, 1.54) is 37.3 Å². The SMILES string of the molecule is COc1ccc(CN(C(=O)CN(c2ccc(OC)c(OC)c2)S(=O)(=O)c2ccc(C)cc2)[C@@H](C)C(=O)NC(C)C)cc1. The molecule has 0 saturated carbocycles. The van der Waals surface area contributed by atoms with Gasteiger partial charge in [-0.2, -0.15) is 0 Å². The lowest BCUT2D eigenvalue weighted by atomic mass is 10.1. The topological polar surface area (TPSA) is 114 Å². The number of carbonyl (C=O) groups is 2. The van der Waals surface area contributed by atoms with Gasteiger partial charge in [0.25, 0.3) is 10.0 Å². The van der Waals surface area contributed by atoms with E-state index in [1.54, 1.807) is 62.6 Å². The lowest BCUT2D eigenvalue weighted by molar-refractivity contribution is -0.139. The van der Waals surface area contributed by atoms with Crippen molar-refractivity contribution in [3.05, 3.63) is 77.9 Å². The van der Waals surface area contributed by atoms with Gasteiger partial charge in [0, 0.05) is 18.7 Å². The highest BCUT2D eigenvalue weighted by molar-refractivity contribution is 7.92. The molecule has 0 unspecified atom stereocenters. The number of nitrogens with zero attached hydrogens (tertiary/aromatic N) is 2. The van der Waals surface area contributed by atoms with Crippen LogP contribution in [0.15, 0.2) is 71.6 Å². The number of rotatable bonds is 13. The van der Waals surface area contributed by atoms with Crippen molar-refractivity contribution < 1.29 is 32.2 Å². The zero-order valence-corrected chi connectivity index (χ0v) is 25.9. The molecule has 0 saturated heterocycles. The van der Waals surface area contributed by atoms with Gasteiger partial charge >= 0.3 is 0 Å². The van der Waals surface area contributed by atoms with E-state index < -0.39 is 28.5 Å². The summed E-state index contributed by atoms with van der Waals surface area (Å²) < 4.78 is 45.0. The molecule has 1 atom stereocenters.